The Balaban J connectivity index is 1.20. The van der Waals surface area contributed by atoms with Crippen molar-refractivity contribution >= 4 is 18.0 Å². The molecule has 8 nitrogen and oxygen atoms in total. The van der Waals surface area contributed by atoms with Gasteiger partial charge in [0.25, 0.3) is 0 Å². The van der Waals surface area contributed by atoms with Gasteiger partial charge in [0.1, 0.15) is 6.61 Å². The van der Waals surface area contributed by atoms with Crippen LogP contribution in [0.15, 0.2) is 48.5 Å². The molecule has 1 heterocycles. The van der Waals surface area contributed by atoms with Crippen LogP contribution in [0.1, 0.15) is 43.2 Å². The third-order valence-corrected chi connectivity index (χ3v) is 7.47. The third-order valence-electron chi connectivity index (χ3n) is 7.47. The Kier molecular flexibility index (Phi) is 6.23. The number of benzene rings is 2. The molecule has 0 radical (unpaired) electrons. The summed E-state index contributed by atoms with van der Waals surface area (Å²) in [5, 5.41) is 15.0. The van der Waals surface area contributed by atoms with Crippen LogP contribution in [0.4, 0.5) is 4.79 Å². The fourth-order valence-electron chi connectivity index (χ4n) is 5.45. The molecule has 2 fully saturated rings. The van der Waals surface area contributed by atoms with E-state index in [2.05, 4.69) is 34.9 Å². The van der Waals surface area contributed by atoms with Crippen molar-refractivity contribution in [2.45, 2.75) is 43.7 Å². The van der Waals surface area contributed by atoms with E-state index in [1.54, 1.807) is 6.92 Å². The lowest BCUT2D eigenvalue weighted by Crippen LogP contribution is -2.54. The van der Waals surface area contributed by atoms with E-state index in [4.69, 9.17) is 9.47 Å². The van der Waals surface area contributed by atoms with Crippen molar-refractivity contribution in [1.29, 1.82) is 0 Å². The third kappa shape index (κ3) is 4.75. The molecular weight excluding hydrogens is 448 g/mol. The molecule has 8 heteroatoms. The number of alkyl carbamates (subject to hydrolysis) is 1. The molecule has 0 spiro atoms. The minimum absolute atomic E-state index is 0.0534. The summed E-state index contributed by atoms with van der Waals surface area (Å²) >= 11 is 0. The van der Waals surface area contributed by atoms with Gasteiger partial charge in [0.05, 0.1) is 37.1 Å². The number of fused-ring (bicyclic) bond motifs is 3. The van der Waals surface area contributed by atoms with Crippen LogP contribution in [-0.4, -0.2) is 54.5 Å². The lowest BCUT2D eigenvalue weighted by atomic mass is 9.90. The van der Waals surface area contributed by atoms with Crippen molar-refractivity contribution in [2.24, 2.45) is 11.8 Å². The van der Waals surface area contributed by atoms with E-state index in [9.17, 15) is 19.5 Å². The van der Waals surface area contributed by atoms with Crippen molar-refractivity contribution in [3.05, 3.63) is 59.7 Å². The van der Waals surface area contributed by atoms with Crippen LogP contribution in [0.2, 0.25) is 0 Å². The summed E-state index contributed by atoms with van der Waals surface area (Å²) in [6.45, 7) is 2.32. The smallest absolute Gasteiger partial charge is 0.407 e. The van der Waals surface area contributed by atoms with E-state index in [0.29, 0.717) is 0 Å². The van der Waals surface area contributed by atoms with Crippen LogP contribution < -0.4 is 10.6 Å². The molecule has 2 aliphatic carbocycles. The Labute approximate surface area is 204 Å². The molecule has 2 aromatic rings. The maximum Gasteiger partial charge on any atom is 0.407 e. The van der Waals surface area contributed by atoms with E-state index in [0.717, 1.165) is 35.1 Å². The average molecular weight is 479 g/mol. The van der Waals surface area contributed by atoms with Crippen molar-refractivity contribution in [1.82, 2.24) is 10.6 Å². The maximum absolute atomic E-state index is 13.0. The second-order valence-corrected chi connectivity index (χ2v) is 9.97. The monoisotopic (exact) mass is 478 g/mol. The number of carboxylic acids is 1. The van der Waals surface area contributed by atoms with Crippen LogP contribution >= 0.6 is 0 Å². The number of hydrogen-bond donors (Lipinski definition) is 3. The first-order chi connectivity index (χ1) is 16.9. The summed E-state index contributed by atoms with van der Waals surface area (Å²) < 4.78 is 11.1. The Morgan fingerprint density at radius 3 is 2.26 bits per heavy atom. The molecule has 184 valence electrons. The van der Waals surface area contributed by atoms with Gasteiger partial charge in [0.15, 0.2) is 0 Å². The fourth-order valence-corrected chi connectivity index (χ4v) is 5.45. The van der Waals surface area contributed by atoms with E-state index in [-0.39, 0.29) is 44.0 Å². The molecule has 1 saturated heterocycles. The summed E-state index contributed by atoms with van der Waals surface area (Å²) in [5.74, 6) is -1.76. The Hall–Kier alpha value is -3.39. The SMILES string of the molecule is CC(CC(=O)O)(NC(=O)C1COCC1NC(=O)OCC1c2ccccc2-c2ccccc21)C1CC1. The van der Waals surface area contributed by atoms with E-state index < -0.39 is 29.6 Å². The number of carbonyl (C=O) groups is 3. The van der Waals surface area contributed by atoms with Gasteiger partial charge >= 0.3 is 12.1 Å². The van der Waals surface area contributed by atoms with E-state index >= 15 is 0 Å². The summed E-state index contributed by atoms with van der Waals surface area (Å²) in [6.07, 6.45) is 1.05. The highest BCUT2D eigenvalue weighted by Gasteiger charge is 2.46. The molecular formula is C27H30N2O6. The zero-order valence-electron chi connectivity index (χ0n) is 19.7. The van der Waals surface area contributed by atoms with Crippen LogP contribution in [-0.2, 0) is 19.1 Å². The molecule has 3 atom stereocenters. The number of nitrogens with one attached hydrogen (secondary N) is 2. The number of ether oxygens (including phenoxy) is 2. The Bertz CT molecular complexity index is 1100. The highest BCUT2D eigenvalue weighted by molar-refractivity contribution is 5.83. The number of aliphatic carboxylic acids is 1. The Morgan fingerprint density at radius 1 is 1.03 bits per heavy atom. The minimum Gasteiger partial charge on any atom is -0.481 e. The zero-order valence-corrected chi connectivity index (χ0v) is 19.7. The van der Waals surface area contributed by atoms with Crippen molar-refractivity contribution in [2.75, 3.05) is 19.8 Å². The zero-order chi connectivity index (χ0) is 24.6. The predicted octanol–water partition coefficient (Wildman–Crippen LogP) is 3.30. The molecule has 3 unspecified atom stereocenters. The van der Waals surface area contributed by atoms with Crippen LogP contribution in [0.5, 0.6) is 0 Å². The number of carbonyl (C=O) groups excluding carboxylic acids is 2. The van der Waals surface area contributed by atoms with Crippen LogP contribution in [0, 0.1) is 11.8 Å². The maximum atomic E-state index is 13.0. The predicted molar refractivity (Wildman–Crippen MR) is 128 cm³/mol. The van der Waals surface area contributed by atoms with Crippen molar-refractivity contribution in [3.8, 4) is 11.1 Å². The van der Waals surface area contributed by atoms with E-state index in [1.807, 2.05) is 24.3 Å². The highest BCUT2D eigenvalue weighted by Crippen LogP contribution is 2.44. The summed E-state index contributed by atoms with van der Waals surface area (Å²) in [7, 11) is 0. The average Bonchev–Trinajstić information content (AvgIpc) is 3.52. The lowest BCUT2D eigenvalue weighted by molar-refractivity contribution is -0.139. The van der Waals surface area contributed by atoms with Crippen LogP contribution in [0.25, 0.3) is 11.1 Å². The van der Waals surface area contributed by atoms with Gasteiger partial charge < -0.3 is 25.2 Å². The first kappa shape index (κ1) is 23.4. The van der Waals surface area contributed by atoms with Gasteiger partial charge in [-0.05, 0) is 47.9 Å². The molecule has 1 aliphatic heterocycles. The number of hydrogen-bond acceptors (Lipinski definition) is 5. The second-order valence-electron chi connectivity index (χ2n) is 9.97. The molecule has 35 heavy (non-hydrogen) atoms. The van der Waals surface area contributed by atoms with Crippen LogP contribution in [0.3, 0.4) is 0 Å². The largest absolute Gasteiger partial charge is 0.481 e. The molecule has 5 rings (SSSR count). The summed E-state index contributed by atoms with van der Waals surface area (Å²) in [4.78, 5) is 37.1. The Morgan fingerprint density at radius 2 is 1.66 bits per heavy atom. The molecule has 3 aliphatic rings. The second kappa shape index (κ2) is 9.34. The summed E-state index contributed by atoms with van der Waals surface area (Å²) in [6, 6.07) is 15.7. The van der Waals surface area contributed by atoms with Gasteiger partial charge in [-0.3, -0.25) is 9.59 Å². The molecule has 3 N–H and O–H groups in total. The summed E-state index contributed by atoms with van der Waals surface area (Å²) in [5.41, 5.74) is 3.75. The minimum atomic E-state index is -0.948. The number of carboxylic acid groups (broad SMARTS) is 1. The molecule has 2 aromatic carbocycles. The highest BCUT2D eigenvalue weighted by atomic mass is 16.5. The first-order valence-corrected chi connectivity index (χ1v) is 12.1. The first-order valence-electron chi connectivity index (χ1n) is 12.1. The number of amides is 2. The van der Waals surface area contributed by atoms with Gasteiger partial charge in [-0.2, -0.15) is 0 Å². The molecule has 2 amide bonds. The molecule has 1 saturated carbocycles. The van der Waals surface area contributed by atoms with Gasteiger partial charge in [-0.1, -0.05) is 48.5 Å². The molecule has 0 bridgehead atoms. The fraction of sp³-hybridized carbons (Fsp3) is 0.444. The normalized spacial score (nSPS) is 22.5. The van der Waals surface area contributed by atoms with Gasteiger partial charge in [0, 0.05) is 5.92 Å². The number of rotatable bonds is 8. The topological polar surface area (TPSA) is 114 Å². The van der Waals surface area contributed by atoms with Gasteiger partial charge in [-0.25, -0.2) is 4.79 Å². The van der Waals surface area contributed by atoms with E-state index in [1.165, 1.54) is 0 Å². The molecule has 0 aromatic heterocycles. The van der Waals surface area contributed by atoms with Crippen molar-refractivity contribution < 1.29 is 29.0 Å². The lowest BCUT2D eigenvalue weighted by Gasteiger charge is -2.31. The quantitative estimate of drug-likeness (QED) is 0.537. The standard InChI is InChI=1S/C27H30N2O6/c1-27(12-24(30)31,16-10-11-16)29-25(32)22-13-34-15-23(22)28-26(33)35-14-21-19-8-4-2-6-17(19)18-7-3-5-9-20(18)21/h2-9,16,21-23H,10-15H2,1H3,(H,28,33)(H,29,32)(H,30,31). The van der Waals surface area contributed by atoms with Crippen molar-refractivity contribution in [3.63, 3.8) is 0 Å². The van der Waals surface area contributed by atoms with Gasteiger partial charge in [0.2, 0.25) is 5.91 Å². The van der Waals surface area contributed by atoms with Gasteiger partial charge in [-0.15, -0.1) is 0 Å².